The Kier molecular flexibility index (Phi) is 5.86. The molecule has 3 aromatic carbocycles. The molecule has 1 N–H and O–H groups in total. The summed E-state index contributed by atoms with van der Waals surface area (Å²) in [7, 11) is -3.78. The summed E-state index contributed by atoms with van der Waals surface area (Å²) >= 11 is 5.91. The molecule has 4 rings (SSSR count). The fourth-order valence-corrected chi connectivity index (χ4v) is 5.36. The van der Waals surface area contributed by atoms with Crippen LogP contribution in [0.3, 0.4) is 0 Å². The molecule has 10 heteroatoms. The van der Waals surface area contributed by atoms with Crippen molar-refractivity contribution in [3.8, 4) is 0 Å². The van der Waals surface area contributed by atoms with Gasteiger partial charge in [-0.1, -0.05) is 35.9 Å². The second-order valence-corrected chi connectivity index (χ2v) is 9.51. The Hall–Kier alpha value is -3.43. The zero-order chi connectivity index (χ0) is 22.9. The van der Waals surface area contributed by atoms with E-state index in [0.717, 1.165) is 11.6 Å². The molecule has 1 aliphatic heterocycles. The van der Waals surface area contributed by atoms with Crippen LogP contribution in [0.15, 0.2) is 71.6 Å². The highest BCUT2D eigenvalue weighted by molar-refractivity contribution is 7.92. The summed E-state index contributed by atoms with van der Waals surface area (Å²) in [4.78, 5) is 23.5. The molecule has 32 heavy (non-hydrogen) atoms. The second kappa shape index (κ2) is 8.60. The van der Waals surface area contributed by atoms with Crippen LogP contribution in [0.4, 0.5) is 17.1 Å². The van der Waals surface area contributed by atoms with Crippen molar-refractivity contribution in [3.05, 3.63) is 93.0 Å². The molecule has 1 aliphatic rings. The maximum Gasteiger partial charge on any atom is 0.282 e. The van der Waals surface area contributed by atoms with Gasteiger partial charge in [-0.2, -0.15) is 0 Å². The van der Waals surface area contributed by atoms with Crippen molar-refractivity contribution in [1.82, 2.24) is 0 Å². The number of amides is 1. The zero-order valence-electron chi connectivity index (χ0n) is 16.7. The Morgan fingerprint density at radius 1 is 1.06 bits per heavy atom. The molecule has 0 saturated heterocycles. The van der Waals surface area contributed by atoms with Crippen LogP contribution in [-0.4, -0.2) is 25.8 Å². The number of nitrogens with one attached hydrogen (secondary N) is 1. The number of fused-ring (bicyclic) bond motifs is 1. The first-order valence-corrected chi connectivity index (χ1v) is 11.6. The third-order valence-electron chi connectivity index (χ3n) is 5.15. The standard InChI is InChI=1S/C22H18ClN3O5S/c23-16-9-11-20(26(28)29)19(13-16)22(27)24-17-10-8-15-5-4-12-25(21(15)14-17)32(30,31)18-6-2-1-3-7-18/h1-3,6-11,13-14H,4-5,12H2,(H,24,27). The molecular weight excluding hydrogens is 454 g/mol. The van der Waals surface area contributed by atoms with Crippen molar-refractivity contribution in [3.63, 3.8) is 0 Å². The van der Waals surface area contributed by atoms with E-state index in [-0.39, 0.29) is 21.2 Å². The molecule has 164 valence electrons. The Balaban J connectivity index is 1.69. The third-order valence-corrected chi connectivity index (χ3v) is 7.21. The average Bonchev–Trinajstić information content (AvgIpc) is 2.78. The number of benzene rings is 3. The molecule has 3 aromatic rings. The highest BCUT2D eigenvalue weighted by Gasteiger charge is 2.29. The van der Waals surface area contributed by atoms with Gasteiger partial charge in [-0.15, -0.1) is 0 Å². The van der Waals surface area contributed by atoms with Crippen molar-refractivity contribution in [2.75, 3.05) is 16.2 Å². The largest absolute Gasteiger partial charge is 0.322 e. The Labute approximate surface area is 189 Å². The predicted molar refractivity (Wildman–Crippen MR) is 122 cm³/mol. The van der Waals surface area contributed by atoms with Gasteiger partial charge in [-0.05, 0) is 54.8 Å². The lowest BCUT2D eigenvalue weighted by Gasteiger charge is -2.31. The topological polar surface area (TPSA) is 110 Å². The molecule has 0 bridgehead atoms. The van der Waals surface area contributed by atoms with Gasteiger partial charge in [0.25, 0.3) is 21.6 Å². The van der Waals surface area contributed by atoms with Crippen molar-refractivity contribution in [2.24, 2.45) is 0 Å². The number of nitro groups is 1. The van der Waals surface area contributed by atoms with Gasteiger partial charge in [-0.3, -0.25) is 19.2 Å². The maximum absolute atomic E-state index is 13.2. The first-order valence-electron chi connectivity index (χ1n) is 9.73. The van der Waals surface area contributed by atoms with Crippen molar-refractivity contribution in [1.29, 1.82) is 0 Å². The van der Waals surface area contributed by atoms with Gasteiger partial charge in [0.2, 0.25) is 0 Å². The smallest absolute Gasteiger partial charge is 0.282 e. The lowest BCUT2D eigenvalue weighted by Crippen LogP contribution is -2.35. The molecular formula is C22H18ClN3O5S. The van der Waals surface area contributed by atoms with Gasteiger partial charge in [0, 0.05) is 23.3 Å². The minimum absolute atomic E-state index is 0.178. The number of halogens is 1. The van der Waals surface area contributed by atoms with E-state index in [2.05, 4.69) is 5.32 Å². The zero-order valence-corrected chi connectivity index (χ0v) is 18.3. The first-order chi connectivity index (χ1) is 15.3. The number of hydrogen-bond donors (Lipinski definition) is 1. The van der Waals surface area contributed by atoms with Gasteiger partial charge in [-0.25, -0.2) is 8.42 Å². The molecule has 1 amide bonds. The van der Waals surface area contributed by atoms with Gasteiger partial charge >= 0.3 is 0 Å². The number of carbonyl (C=O) groups is 1. The summed E-state index contributed by atoms with van der Waals surface area (Å²) in [6, 6.07) is 16.8. The molecule has 0 atom stereocenters. The van der Waals surface area contributed by atoms with Crippen LogP contribution in [-0.2, 0) is 16.4 Å². The summed E-state index contributed by atoms with van der Waals surface area (Å²) in [6.45, 7) is 0.307. The number of nitrogens with zero attached hydrogens (tertiary/aromatic N) is 2. The van der Waals surface area contributed by atoms with Gasteiger partial charge < -0.3 is 5.32 Å². The fourth-order valence-electron chi connectivity index (χ4n) is 3.64. The van der Waals surface area contributed by atoms with Crippen LogP contribution >= 0.6 is 11.6 Å². The SMILES string of the molecule is O=C(Nc1ccc2c(c1)N(S(=O)(=O)c1ccccc1)CCC2)c1cc(Cl)ccc1[N+](=O)[O-]. The maximum atomic E-state index is 13.2. The van der Waals surface area contributed by atoms with Crippen molar-refractivity contribution < 1.29 is 18.1 Å². The number of carbonyl (C=O) groups excluding carboxylic acids is 1. The minimum atomic E-state index is -3.78. The summed E-state index contributed by atoms with van der Waals surface area (Å²) in [6.07, 6.45) is 1.36. The highest BCUT2D eigenvalue weighted by Crippen LogP contribution is 2.34. The molecule has 0 radical (unpaired) electrons. The lowest BCUT2D eigenvalue weighted by atomic mass is 10.0. The van der Waals surface area contributed by atoms with E-state index in [0.29, 0.717) is 30.8 Å². The molecule has 1 heterocycles. The fraction of sp³-hybridized carbons (Fsp3) is 0.136. The number of nitro benzene ring substituents is 1. The number of rotatable bonds is 5. The first kappa shape index (κ1) is 21.8. The van der Waals surface area contributed by atoms with Gasteiger partial charge in [0.1, 0.15) is 5.56 Å². The molecule has 0 saturated carbocycles. The van der Waals surface area contributed by atoms with Crippen LogP contribution < -0.4 is 9.62 Å². The number of aryl methyl sites for hydroxylation is 1. The highest BCUT2D eigenvalue weighted by atomic mass is 35.5. The normalized spacial score (nSPS) is 13.3. The van der Waals surface area contributed by atoms with E-state index >= 15 is 0 Å². The van der Waals surface area contributed by atoms with Crippen LogP contribution in [0.25, 0.3) is 0 Å². The molecule has 0 unspecified atom stereocenters. The van der Waals surface area contributed by atoms with E-state index < -0.39 is 20.9 Å². The molecule has 0 aliphatic carbocycles. The average molecular weight is 472 g/mol. The summed E-state index contributed by atoms with van der Waals surface area (Å²) in [5.74, 6) is -0.715. The summed E-state index contributed by atoms with van der Waals surface area (Å²) in [5, 5.41) is 14.1. The number of hydrogen-bond acceptors (Lipinski definition) is 5. The van der Waals surface area contributed by atoms with E-state index in [9.17, 15) is 23.3 Å². The number of sulfonamides is 1. The van der Waals surface area contributed by atoms with Gasteiger partial charge in [0.05, 0.1) is 15.5 Å². The Morgan fingerprint density at radius 2 is 1.81 bits per heavy atom. The summed E-state index contributed by atoms with van der Waals surface area (Å²) < 4.78 is 27.8. The Morgan fingerprint density at radius 3 is 2.53 bits per heavy atom. The van der Waals surface area contributed by atoms with Crippen LogP contribution in [0.1, 0.15) is 22.3 Å². The van der Waals surface area contributed by atoms with Crippen molar-refractivity contribution in [2.45, 2.75) is 17.7 Å². The number of anilines is 2. The van der Waals surface area contributed by atoms with E-state index in [4.69, 9.17) is 11.6 Å². The molecule has 8 nitrogen and oxygen atoms in total. The van der Waals surface area contributed by atoms with Crippen LogP contribution in [0, 0.1) is 10.1 Å². The van der Waals surface area contributed by atoms with Gasteiger partial charge in [0.15, 0.2) is 0 Å². The molecule has 0 aromatic heterocycles. The third kappa shape index (κ3) is 4.17. The minimum Gasteiger partial charge on any atom is -0.322 e. The summed E-state index contributed by atoms with van der Waals surface area (Å²) in [5.41, 5.74) is 1.06. The molecule has 0 fully saturated rings. The van der Waals surface area contributed by atoms with E-state index in [1.54, 1.807) is 36.4 Å². The molecule has 0 spiro atoms. The monoisotopic (exact) mass is 471 g/mol. The predicted octanol–water partition coefficient (Wildman–Crippen LogP) is 4.64. The Bertz CT molecular complexity index is 1310. The lowest BCUT2D eigenvalue weighted by molar-refractivity contribution is -0.385. The van der Waals surface area contributed by atoms with Crippen LogP contribution in [0.5, 0.6) is 0 Å². The van der Waals surface area contributed by atoms with Crippen molar-refractivity contribution >= 4 is 44.6 Å². The second-order valence-electron chi connectivity index (χ2n) is 7.21. The van der Waals surface area contributed by atoms with E-state index in [1.807, 2.05) is 0 Å². The quantitative estimate of drug-likeness (QED) is 0.430. The van der Waals surface area contributed by atoms with E-state index in [1.165, 1.54) is 28.6 Å². The van der Waals surface area contributed by atoms with Crippen LogP contribution in [0.2, 0.25) is 5.02 Å².